The summed E-state index contributed by atoms with van der Waals surface area (Å²) < 4.78 is 10.8. The molecule has 1 aromatic carbocycles. The van der Waals surface area contributed by atoms with Gasteiger partial charge in [-0.2, -0.15) is 0 Å². The quantitative estimate of drug-likeness (QED) is 0.770. The molecule has 3 nitrogen and oxygen atoms in total. The molecule has 1 rings (SSSR count). The Bertz CT molecular complexity index is 291. The van der Waals surface area contributed by atoms with Crippen LogP contribution in [0.4, 0.5) is 0 Å². The topological polar surface area (TPSA) is 30.5 Å². The second kappa shape index (κ2) is 8.11. The minimum Gasteiger partial charge on any atom is -0.491 e. The number of hydrogen-bond acceptors (Lipinski definition) is 3. The van der Waals surface area contributed by atoms with Crippen molar-refractivity contribution in [2.45, 2.75) is 38.8 Å². The van der Waals surface area contributed by atoms with Gasteiger partial charge in [-0.05, 0) is 51.4 Å². The molecule has 2 atom stereocenters. The highest BCUT2D eigenvalue weighted by atomic mass is 16.5. The van der Waals surface area contributed by atoms with E-state index in [-0.39, 0.29) is 6.10 Å². The molecule has 1 aromatic rings. The van der Waals surface area contributed by atoms with Crippen molar-refractivity contribution in [1.82, 2.24) is 5.32 Å². The molecule has 0 saturated carbocycles. The van der Waals surface area contributed by atoms with Crippen molar-refractivity contribution in [1.29, 1.82) is 0 Å². The Labute approximate surface area is 110 Å². The minimum absolute atomic E-state index is 0.126. The molecule has 0 radical (unpaired) electrons. The van der Waals surface area contributed by atoms with Gasteiger partial charge < -0.3 is 14.8 Å². The Morgan fingerprint density at radius 3 is 2.39 bits per heavy atom. The zero-order valence-electron chi connectivity index (χ0n) is 11.9. The summed E-state index contributed by atoms with van der Waals surface area (Å²) in [5.74, 6) is 0.907. The van der Waals surface area contributed by atoms with Crippen LogP contribution in [0, 0.1) is 0 Å². The highest BCUT2D eigenvalue weighted by Crippen LogP contribution is 2.14. The first kappa shape index (κ1) is 15.0. The van der Waals surface area contributed by atoms with Crippen LogP contribution in [0.25, 0.3) is 0 Å². The second-order valence-corrected chi connectivity index (χ2v) is 4.73. The molecular formula is C15H25NO2. The first-order chi connectivity index (χ1) is 8.65. The van der Waals surface area contributed by atoms with Gasteiger partial charge in [0.25, 0.3) is 0 Å². The van der Waals surface area contributed by atoms with Crippen LogP contribution < -0.4 is 10.1 Å². The SMILES string of the molecule is CNC(C)CCc1ccc(OCC(C)OC)cc1. The van der Waals surface area contributed by atoms with Crippen LogP contribution in [0.15, 0.2) is 24.3 Å². The van der Waals surface area contributed by atoms with Gasteiger partial charge >= 0.3 is 0 Å². The standard InChI is InChI=1S/C15H25NO2/c1-12(16-3)5-6-14-7-9-15(10-8-14)18-11-13(2)17-4/h7-10,12-13,16H,5-6,11H2,1-4H3. The maximum absolute atomic E-state index is 5.62. The van der Waals surface area contributed by atoms with E-state index in [2.05, 4.69) is 24.4 Å². The molecule has 0 amide bonds. The average Bonchev–Trinajstić information content (AvgIpc) is 2.43. The van der Waals surface area contributed by atoms with Crippen molar-refractivity contribution in [2.24, 2.45) is 0 Å². The highest BCUT2D eigenvalue weighted by molar-refractivity contribution is 5.27. The largest absolute Gasteiger partial charge is 0.491 e. The van der Waals surface area contributed by atoms with E-state index in [0.29, 0.717) is 12.6 Å². The van der Waals surface area contributed by atoms with Crippen molar-refractivity contribution in [3.8, 4) is 5.75 Å². The van der Waals surface area contributed by atoms with Crippen LogP contribution >= 0.6 is 0 Å². The van der Waals surface area contributed by atoms with Crippen molar-refractivity contribution in [3.05, 3.63) is 29.8 Å². The van der Waals surface area contributed by atoms with E-state index in [9.17, 15) is 0 Å². The summed E-state index contributed by atoms with van der Waals surface area (Å²) >= 11 is 0. The molecule has 0 spiro atoms. The average molecular weight is 251 g/mol. The number of methoxy groups -OCH3 is 1. The van der Waals surface area contributed by atoms with Gasteiger partial charge in [-0.3, -0.25) is 0 Å². The highest BCUT2D eigenvalue weighted by Gasteiger charge is 2.02. The summed E-state index contributed by atoms with van der Waals surface area (Å²) in [6.45, 7) is 4.78. The molecule has 1 N–H and O–H groups in total. The van der Waals surface area contributed by atoms with Gasteiger partial charge in [0.1, 0.15) is 12.4 Å². The number of rotatable bonds is 8. The molecule has 0 aromatic heterocycles. The summed E-state index contributed by atoms with van der Waals surface area (Å²) in [6.07, 6.45) is 2.37. The smallest absolute Gasteiger partial charge is 0.119 e. The van der Waals surface area contributed by atoms with Crippen LogP contribution in [-0.2, 0) is 11.2 Å². The lowest BCUT2D eigenvalue weighted by atomic mass is 10.1. The molecule has 0 bridgehead atoms. The van der Waals surface area contributed by atoms with Gasteiger partial charge in [0.2, 0.25) is 0 Å². The van der Waals surface area contributed by atoms with Crippen molar-refractivity contribution in [2.75, 3.05) is 20.8 Å². The molecule has 0 fully saturated rings. The maximum Gasteiger partial charge on any atom is 0.119 e. The molecule has 0 aliphatic heterocycles. The number of aryl methyl sites for hydroxylation is 1. The number of benzene rings is 1. The van der Waals surface area contributed by atoms with Gasteiger partial charge in [0.15, 0.2) is 0 Å². The second-order valence-electron chi connectivity index (χ2n) is 4.73. The Morgan fingerprint density at radius 1 is 1.17 bits per heavy atom. The first-order valence-corrected chi connectivity index (χ1v) is 6.57. The van der Waals surface area contributed by atoms with Crippen LogP contribution in [0.2, 0.25) is 0 Å². The van der Waals surface area contributed by atoms with E-state index in [4.69, 9.17) is 9.47 Å². The summed E-state index contributed by atoms with van der Waals surface area (Å²) in [4.78, 5) is 0. The number of hydrogen-bond donors (Lipinski definition) is 1. The van der Waals surface area contributed by atoms with Gasteiger partial charge in [-0.15, -0.1) is 0 Å². The third kappa shape index (κ3) is 5.52. The lowest BCUT2D eigenvalue weighted by Crippen LogP contribution is -2.21. The summed E-state index contributed by atoms with van der Waals surface area (Å²) in [5, 5.41) is 3.25. The van der Waals surface area contributed by atoms with Crippen LogP contribution in [0.5, 0.6) is 5.75 Å². The summed E-state index contributed by atoms with van der Waals surface area (Å²) in [7, 11) is 3.69. The predicted octanol–water partition coefficient (Wildman–Crippen LogP) is 2.64. The molecule has 0 aliphatic rings. The summed E-state index contributed by atoms with van der Waals surface area (Å²) in [6, 6.07) is 8.89. The van der Waals surface area contributed by atoms with E-state index in [0.717, 1.165) is 18.6 Å². The molecule has 18 heavy (non-hydrogen) atoms. The molecular weight excluding hydrogens is 226 g/mol. The van der Waals surface area contributed by atoms with Crippen molar-refractivity contribution >= 4 is 0 Å². The lowest BCUT2D eigenvalue weighted by molar-refractivity contribution is 0.0716. The number of ether oxygens (including phenoxy) is 2. The van der Waals surface area contributed by atoms with E-state index < -0.39 is 0 Å². The zero-order valence-corrected chi connectivity index (χ0v) is 11.9. The Kier molecular flexibility index (Phi) is 6.76. The van der Waals surface area contributed by atoms with E-state index in [1.54, 1.807) is 7.11 Å². The third-order valence-corrected chi connectivity index (χ3v) is 3.17. The summed E-state index contributed by atoms with van der Waals surface area (Å²) in [5.41, 5.74) is 1.35. The molecule has 0 aliphatic carbocycles. The molecule has 0 saturated heterocycles. The fourth-order valence-electron chi connectivity index (χ4n) is 1.56. The van der Waals surface area contributed by atoms with Crippen LogP contribution in [0.1, 0.15) is 25.8 Å². The van der Waals surface area contributed by atoms with Crippen molar-refractivity contribution in [3.63, 3.8) is 0 Å². The molecule has 102 valence electrons. The van der Waals surface area contributed by atoms with E-state index in [1.165, 1.54) is 5.56 Å². The van der Waals surface area contributed by atoms with Gasteiger partial charge in [0, 0.05) is 13.2 Å². The normalized spacial score (nSPS) is 14.2. The fourth-order valence-corrected chi connectivity index (χ4v) is 1.56. The monoisotopic (exact) mass is 251 g/mol. The first-order valence-electron chi connectivity index (χ1n) is 6.57. The molecule has 3 heteroatoms. The Balaban J connectivity index is 2.37. The maximum atomic E-state index is 5.62. The fraction of sp³-hybridized carbons (Fsp3) is 0.600. The van der Waals surface area contributed by atoms with Gasteiger partial charge in [0.05, 0.1) is 6.10 Å². The third-order valence-electron chi connectivity index (χ3n) is 3.17. The van der Waals surface area contributed by atoms with E-state index in [1.807, 2.05) is 26.1 Å². The van der Waals surface area contributed by atoms with Crippen LogP contribution in [0.3, 0.4) is 0 Å². The van der Waals surface area contributed by atoms with Crippen molar-refractivity contribution < 1.29 is 9.47 Å². The Morgan fingerprint density at radius 2 is 1.83 bits per heavy atom. The van der Waals surface area contributed by atoms with Gasteiger partial charge in [-0.25, -0.2) is 0 Å². The minimum atomic E-state index is 0.126. The zero-order chi connectivity index (χ0) is 13.4. The van der Waals surface area contributed by atoms with Gasteiger partial charge in [-0.1, -0.05) is 12.1 Å². The number of nitrogens with one attached hydrogen (secondary N) is 1. The van der Waals surface area contributed by atoms with E-state index >= 15 is 0 Å². The predicted molar refractivity (Wildman–Crippen MR) is 75.3 cm³/mol. The molecule has 0 heterocycles. The van der Waals surface area contributed by atoms with Crippen LogP contribution in [-0.4, -0.2) is 32.9 Å². The lowest BCUT2D eigenvalue weighted by Gasteiger charge is -2.12. The Hall–Kier alpha value is -1.06. The molecule has 2 unspecified atom stereocenters.